The van der Waals surface area contributed by atoms with E-state index in [1.54, 1.807) is 4.90 Å². The summed E-state index contributed by atoms with van der Waals surface area (Å²) in [6, 6.07) is 3.83. The van der Waals surface area contributed by atoms with Crippen LogP contribution in [0.25, 0.3) is 0 Å². The number of rotatable bonds is 4. The molecule has 2 aliphatic heterocycles. The molecule has 3 rings (SSSR count). The molecule has 2 saturated heterocycles. The van der Waals surface area contributed by atoms with Gasteiger partial charge in [0.1, 0.15) is 18.2 Å². The highest BCUT2D eigenvalue weighted by molar-refractivity contribution is 5.91. The van der Waals surface area contributed by atoms with Crippen LogP contribution in [0.2, 0.25) is 0 Å². The fraction of sp³-hybridized carbons (Fsp3) is 0.562. The van der Waals surface area contributed by atoms with Crippen molar-refractivity contribution in [2.45, 2.75) is 18.9 Å². The van der Waals surface area contributed by atoms with Crippen molar-refractivity contribution >= 4 is 11.7 Å². The highest BCUT2D eigenvalue weighted by Crippen LogP contribution is 2.27. The van der Waals surface area contributed by atoms with E-state index in [0.717, 1.165) is 19.4 Å². The van der Waals surface area contributed by atoms with Crippen molar-refractivity contribution in [2.24, 2.45) is 0 Å². The first-order valence-electron chi connectivity index (χ1n) is 7.90. The Bertz CT molecular complexity index is 543. The predicted molar refractivity (Wildman–Crippen MR) is 82.3 cm³/mol. The van der Waals surface area contributed by atoms with Crippen molar-refractivity contribution in [3.05, 3.63) is 24.0 Å². The summed E-state index contributed by atoms with van der Waals surface area (Å²) in [4.78, 5) is 13.9. The van der Waals surface area contributed by atoms with Gasteiger partial charge in [0.25, 0.3) is 0 Å². The number of halogens is 1. The highest BCUT2D eigenvalue weighted by Gasteiger charge is 2.20. The van der Waals surface area contributed by atoms with Gasteiger partial charge in [0.05, 0.1) is 25.0 Å². The first kappa shape index (κ1) is 16.0. The molecule has 0 bridgehead atoms. The number of benzene rings is 1. The van der Waals surface area contributed by atoms with Crippen LogP contribution in [0, 0.1) is 5.82 Å². The molecule has 0 unspecified atom stereocenters. The predicted octanol–water partition coefficient (Wildman–Crippen LogP) is 2.25. The smallest absolute Gasteiger partial charge is 0.322 e. The second-order valence-corrected chi connectivity index (χ2v) is 5.62. The molecule has 2 amide bonds. The average Bonchev–Trinajstić information content (AvgIpc) is 3.08. The number of ether oxygens (including phenoxy) is 3. The van der Waals surface area contributed by atoms with Crippen molar-refractivity contribution in [3.8, 4) is 5.75 Å². The average molecular weight is 324 g/mol. The summed E-state index contributed by atoms with van der Waals surface area (Å²) in [7, 11) is 0. The van der Waals surface area contributed by atoms with Gasteiger partial charge in [0.2, 0.25) is 0 Å². The van der Waals surface area contributed by atoms with E-state index < -0.39 is 5.82 Å². The van der Waals surface area contributed by atoms with Crippen LogP contribution in [0.1, 0.15) is 12.8 Å². The monoisotopic (exact) mass is 324 g/mol. The van der Waals surface area contributed by atoms with E-state index in [0.29, 0.717) is 44.3 Å². The highest BCUT2D eigenvalue weighted by atomic mass is 19.1. The molecule has 126 valence electrons. The van der Waals surface area contributed by atoms with Gasteiger partial charge in [-0.1, -0.05) is 0 Å². The first-order chi connectivity index (χ1) is 11.2. The topological polar surface area (TPSA) is 60.0 Å². The molecule has 0 spiro atoms. The van der Waals surface area contributed by atoms with Gasteiger partial charge in [-0.3, -0.25) is 0 Å². The van der Waals surface area contributed by atoms with Gasteiger partial charge < -0.3 is 24.4 Å². The molecular weight excluding hydrogens is 303 g/mol. The molecule has 1 aromatic rings. The van der Waals surface area contributed by atoms with Gasteiger partial charge in [-0.15, -0.1) is 0 Å². The van der Waals surface area contributed by atoms with Gasteiger partial charge in [-0.2, -0.15) is 0 Å². The van der Waals surface area contributed by atoms with Crippen molar-refractivity contribution in [2.75, 3.05) is 44.8 Å². The van der Waals surface area contributed by atoms with Crippen molar-refractivity contribution < 1.29 is 23.4 Å². The van der Waals surface area contributed by atoms with E-state index in [1.165, 1.54) is 18.2 Å². The maximum Gasteiger partial charge on any atom is 0.322 e. The van der Waals surface area contributed by atoms with E-state index >= 15 is 0 Å². The maximum absolute atomic E-state index is 13.5. The largest absolute Gasteiger partial charge is 0.489 e. The molecule has 1 aromatic carbocycles. The van der Waals surface area contributed by atoms with E-state index in [4.69, 9.17) is 14.2 Å². The molecule has 1 N–H and O–H groups in total. The Balaban J connectivity index is 1.64. The SMILES string of the molecule is O=C(Nc1cc(F)ccc1OC[C@H]1CCCO1)N1CCOCC1. The van der Waals surface area contributed by atoms with E-state index in [9.17, 15) is 9.18 Å². The normalized spacial score (nSPS) is 21.3. The third-order valence-electron chi connectivity index (χ3n) is 3.93. The molecule has 23 heavy (non-hydrogen) atoms. The van der Waals surface area contributed by atoms with Crippen molar-refractivity contribution in [1.82, 2.24) is 4.90 Å². The Morgan fingerprint density at radius 1 is 1.35 bits per heavy atom. The molecule has 0 aliphatic carbocycles. The Labute approximate surface area is 134 Å². The number of morpholine rings is 1. The van der Waals surface area contributed by atoms with Crippen LogP contribution in [-0.4, -0.2) is 56.6 Å². The van der Waals surface area contributed by atoms with Crippen LogP contribution in [0.15, 0.2) is 18.2 Å². The zero-order valence-corrected chi connectivity index (χ0v) is 12.9. The van der Waals surface area contributed by atoms with Crippen LogP contribution in [0.3, 0.4) is 0 Å². The number of nitrogens with zero attached hydrogens (tertiary/aromatic N) is 1. The van der Waals surface area contributed by atoms with Gasteiger partial charge >= 0.3 is 6.03 Å². The number of anilines is 1. The van der Waals surface area contributed by atoms with E-state index in [-0.39, 0.29) is 12.1 Å². The molecular formula is C16H21FN2O4. The van der Waals surface area contributed by atoms with Gasteiger partial charge in [-0.05, 0) is 25.0 Å². The molecule has 2 fully saturated rings. The summed E-state index contributed by atoms with van der Waals surface area (Å²) in [6.45, 7) is 3.21. The molecule has 2 heterocycles. The van der Waals surface area contributed by atoms with Crippen LogP contribution >= 0.6 is 0 Å². The van der Waals surface area contributed by atoms with Crippen LogP contribution in [0.5, 0.6) is 5.75 Å². The van der Waals surface area contributed by atoms with Gasteiger partial charge in [0.15, 0.2) is 0 Å². The molecule has 1 atom stereocenters. The minimum absolute atomic E-state index is 0.0582. The Morgan fingerprint density at radius 2 is 2.17 bits per heavy atom. The number of hydrogen-bond acceptors (Lipinski definition) is 4. The lowest BCUT2D eigenvalue weighted by Crippen LogP contribution is -2.43. The number of carbonyl (C=O) groups is 1. The second-order valence-electron chi connectivity index (χ2n) is 5.62. The lowest BCUT2D eigenvalue weighted by molar-refractivity contribution is 0.0564. The number of urea groups is 1. The molecule has 0 saturated carbocycles. The molecule has 2 aliphatic rings. The fourth-order valence-electron chi connectivity index (χ4n) is 2.64. The number of amides is 2. The van der Waals surface area contributed by atoms with Crippen LogP contribution < -0.4 is 10.1 Å². The van der Waals surface area contributed by atoms with Crippen LogP contribution in [-0.2, 0) is 9.47 Å². The number of carbonyl (C=O) groups excluding carboxylic acids is 1. The molecule has 6 nitrogen and oxygen atoms in total. The van der Waals surface area contributed by atoms with Crippen molar-refractivity contribution in [1.29, 1.82) is 0 Å². The van der Waals surface area contributed by atoms with Gasteiger partial charge in [0, 0.05) is 25.8 Å². The summed E-state index contributed by atoms with van der Waals surface area (Å²) in [5.74, 6) is 0.0234. The lowest BCUT2D eigenvalue weighted by Gasteiger charge is -2.27. The Morgan fingerprint density at radius 3 is 2.91 bits per heavy atom. The third-order valence-corrected chi connectivity index (χ3v) is 3.93. The summed E-state index contributed by atoms with van der Waals surface area (Å²) >= 11 is 0. The van der Waals surface area contributed by atoms with Crippen LogP contribution in [0.4, 0.5) is 14.9 Å². The number of nitrogens with one attached hydrogen (secondary N) is 1. The third kappa shape index (κ3) is 4.33. The Hall–Kier alpha value is -1.86. The lowest BCUT2D eigenvalue weighted by atomic mass is 10.2. The standard InChI is InChI=1S/C16H21FN2O4/c17-12-3-4-15(23-11-13-2-1-7-22-13)14(10-12)18-16(20)19-5-8-21-9-6-19/h3-4,10,13H,1-2,5-9,11H2,(H,18,20)/t13-/m1/s1. The molecule has 0 aromatic heterocycles. The summed E-state index contributed by atoms with van der Waals surface area (Å²) in [5, 5.41) is 2.72. The van der Waals surface area contributed by atoms with E-state index in [1.807, 2.05) is 0 Å². The molecule has 7 heteroatoms. The summed E-state index contributed by atoms with van der Waals surface area (Å²) in [5.41, 5.74) is 0.333. The van der Waals surface area contributed by atoms with Crippen molar-refractivity contribution in [3.63, 3.8) is 0 Å². The fourth-order valence-corrected chi connectivity index (χ4v) is 2.64. The summed E-state index contributed by atoms with van der Waals surface area (Å²) in [6.07, 6.45) is 2.04. The zero-order valence-electron chi connectivity index (χ0n) is 12.9. The first-order valence-corrected chi connectivity index (χ1v) is 7.90. The second kappa shape index (κ2) is 7.61. The van der Waals surface area contributed by atoms with Gasteiger partial charge in [-0.25, -0.2) is 9.18 Å². The number of hydrogen-bond donors (Lipinski definition) is 1. The summed E-state index contributed by atoms with van der Waals surface area (Å²) < 4.78 is 30.0. The quantitative estimate of drug-likeness (QED) is 0.923. The Kier molecular flexibility index (Phi) is 5.30. The minimum Gasteiger partial charge on any atom is -0.489 e. The van der Waals surface area contributed by atoms with E-state index in [2.05, 4.69) is 5.32 Å². The maximum atomic E-state index is 13.5. The molecule has 0 radical (unpaired) electrons. The minimum atomic E-state index is -0.424. The zero-order chi connectivity index (χ0) is 16.1.